The number of hydrogen-bond donors (Lipinski definition) is 1. The van der Waals surface area contributed by atoms with E-state index in [1.165, 1.54) is 14.0 Å². The molecule has 1 atom stereocenters. The van der Waals surface area contributed by atoms with Crippen molar-refractivity contribution in [2.45, 2.75) is 26.3 Å². The second kappa shape index (κ2) is 5.61. The van der Waals surface area contributed by atoms with Crippen LogP contribution in [0.25, 0.3) is 0 Å². The van der Waals surface area contributed by atoms with E-state index in [0.717, 1.165) is 12.1 Å². The van der Waals surface area contributed by atoms with E-state index >= 15 is 0 Å². The van der Waals surface area contributed by atoms with Crippen LogP contribution >= 0.6 is 0 Å². The molecule has 17 heavy (non-hydrogen) atoms. The van der Waals surface area contributed by atoms with Crippen LogP contribution in [-0.4, -0.2) is 19.1 Å². The number of halogens is 2. The second-order valence-corrected chi connectivity index (χ2v) is 3.91. The van der Waals surface area contributed by atoms with Gasteiger partial charge < -0.3 is 10.1 Å². The van der Waals surface area contributed by atoms with Crippen LogP contribution in [0.15, 0.2) is 12.1 Å². The highest BCUT2D eigenvalue weighted by atomic mass is 19.1. The van der Waals surface area contributed by atoms with Gasteiger partial charge in [0.15, 0.2) is 0 Å². The molecule has 0 aromatic heterocycles. The summed E-state index contributed by atoms with van der Waals surface area (Å²) in [6.07, 6.45) is 0.0887. The first-order valence-electron chi connectivity index (χ1n) is 5.23. The molecule has 0 fully saturated rings. The van der Waals surface area contributed by atoms with Gasteiger partial charge in [-0.2, -0.15) is 0 Å². The van der Waals surface area contributed by atoms with E-state index in [1.807, 2.05) is 0 Å². The van der Waals surface area contributed by atoms with Gasteiger partial charge in [0.25, 0.3) is 0 Å². The Hall–Kier alpha value is -1.65. The Morgan fingerprint density at radius 2 is 2.06 bits per heavy atom. The summed E-state index contributed by atoms with van der Waals surface area (Å²) in [7, 11) is 1.28. The third-order valence-corrected chi connectivity index (χ3v) is 2.35. The van der Waals surface area contributed by atoms with Crippen LogP contribution in [0.2, 0.25) is 0 Å². The maximum Gasteiger partial charge on any atom is 0.307 e. The van der Waals surface area contributed by atoms with Crippen molar-refractivity contribution < 1.29 is 18.3 Å². The van der Waals surface area contributed by atoms with E-state index in [2.05, 4.69) is 10.1 Å². The number of methoxy groups -OCH3 is 1. The molecule has 0 radical (unpaired) electrons. The summed E-state index contributed by atoms with van der Waals surface area (Å²) in [6.45, 7) is 3.17. The van der Waals surface area contributed by atoms with Gasteiger partial charge in [0.05, 0.1) is 19.2 Å². The molecule has 0 saturated heterocycles. The fourth-order valence-corrected chi connectivity index (χ4v) is 1.41. The van der Waals surface area contributed by atoms with Crippen molar-refractivity contribution in [3.05, 3.63) is 29.3 Å². The Balaban J connectivity index is 2.74. The van der Waals surface area contributed by atoms with E-state index in [4.69, 9.17) is 0 Å². The van der Waals surface area contributed by atoms with Crippen LogP contribution in [-0.2, 0) is 9.53 Å². The molecular weight excluding hydrogens is 228 g/mol. The van der Waals surface area contributed by atoms with Crippen LogP contribution in [0.4, 0.5) is 14.5 Å². The van der Waals surface area contributed by atoms with Gasteiger partial charge in [-0.1, -0.05) is 0 Å². The summed E-state index contributed by atoms with van der Waals surface area (Å²) in [5.41, 5.74) is 0.290. The summed E-state index contributed by atoms with van der Waals surface area (Å²) in [5.74, 6) is -1.43. The normalized spacial score (nSPS) is 12.1. The lowest BCUT2D eigenvalue weighted by Crippen LogP contribution is -2.21. The number of carbonyl (C=O) groups is 1. The number of benzene rings is 1. The molecule has 0 aliphatic carbocycles. The summed E-state index contributed by atoms with van der Waals surface area (Å²) in [5, 5.41) is 2.73. The number of nitrogens with one attached hydrogen (secondary N) is 1. The average molecular weight is 243 g/mol. The molecule has 0 aliphatic heterocycles. The van der Waals surface area contributed by atoms with Gasteiger partial charge in [-0.3, -0.25) is 4.79 Å². The van der Waals surface area contributed by atoms with Crippen LogP contribution in [0.5, 0.6) is 0 Å². The van der Waals surface area contributed by atoms with Gasteiger partial charge in [0.2, 0.25) is 0 Å². The predicted octanol–water partition coefficient (Wildman–Crippen LogP) is 2.64. The molecule has 1 aromatic carbocycles. The number of rotatable bonds is 4. The first-order chi connectivity index (χ1) is 7.93. The minimum Gasteiger partial charge on any atom is -0.469 e. The summed E-state index contributed by atoms with van der Waals surface area (Å²) in [4.78, 5) is 11.0. The Labute approximate surface area is 98.8 Å². The highest BCUT2D eigenvalue weighted by Crippen LogP contribution is 2.20. The third kappa shape index (κ3) is 3.69. The highest BCUT2D eigenvalue weighted by Gasteiger charge is 2.12. The Kier molecular flexibility index (Phi) is 4.43. The van der Waals surface area contributed by atoms with Crippen molar-refractivity contribution in [3.8, 4) is 0 Å². The molecule has 1 rings (SSSR count). The molecular formula is C12H15F2NO2. The first-order valence-corrected chi connectivity index (χ1v) is 5.23. The van der Waals surface area contributed by atoms with E-state index < -0.39 is 17.6 Å². The molecule has 0 heterocycles. The standard InChI is InChI=1S/C12H15F2NO2/c1-7-4-10(14)11(6-9(7)13)15-8(2)5-12(16)17-3/h4,6,8,15H,5H2,1-3H3. The molecule has 0 aliphatic rings. The number of hydrogen-bond acceptors (Lipinski definition) is 3. The van der Waals surface area contributed by atoms with Crippen LogP contribution in [0, 0.1) is 18.6 Å². The summed E-state index contributed by atoms with van der Waals surface area (Å²) >= 11 is 0. The maximum absolute atomic E-state index is 13.5. The molecule has 1 aromatic rings. The monoisotopic (exact) mass is 243 g/mol. The van der Waals surface area contributed by atoms with Crippen molar-refractivity contribution >= 4 is 11.7 Å². The van der Waals surface area contributed by atoms with Gasteiger partial charge in [-0.05, 0) is 25.5 Å². The van der Waals surface area contributed by atoms with Gasteiger partial charge in [0, 0.05) is 12.1 Å². The molecule has 1 unspecified atom stereocenters. The molecule has 0 bridgehead atoms. The molecule has 5 heteroatoms. The van der Waals surface area contributed by atoms with Crippen molar-refractivity contribution in [2.24, 2.45) is 0 Å². The molecule has 0 amide bonds. The van der Waals surface area contributed by atoms with Crippen molar-refractivity contribution in [2.75, 3.05) is 12.4 Å². The first kappa shape index (κ1) is 13.4. The fraction of sp³-hybridized carbons (Fsp3) is 0.417. The summed E-state index contributed by atoms with van der Waals surface area (Å²) in [6, 6.07) is 1.86. The van der Waals surface area contributed by atoms with Crippen LogP contribution < -0.4 is 5.32 Å². The third-order valence-electron chi connectivity index (χ3n) is 2.35. The van der Waals surface area contributed by atoms with Gasteiger partial charge in [-0.25, -0.2) is 8.78 Å². The largest absolute Gasteiger partial charge is 0.469 e. The van der Waals surface area contributed by atoms with Crippen molar-refractivity contribution in [1.29, 1.82) is 0 Å². The predicted molar refractivity (Wildman–Crippen MR) is 60.8 cm³/mol. The van der Waals surface area contributed by atoms with Gasteiger partial charge in [0.1, 0.15) is 11.6 Å². The Morgan fingerprint density at radius 3 is 2.65 bits per heavy atom. The van der Waals surface area contributed by atoms with E-state index in [0.29, 0.717) is 0 Å². The molecule has 3 nitrogen and oxygen atoms in total. The SMILES string of the molecule is COC(=O)CC(C)Nc1cc(F)c(C)cc1F. The minimum absolute atomic E-state index is 0.0458. The number of anilines is 1. The topological polar surface area (TPSA) is 38.3 Å². The zero-order valence-corrected chi connectivity index (χ0v) is 10.0. The van der Waals surface area contributed by atoms with E-state index in [-0.39, 0.29) is 23.7 Å². The zero-order chi connectivity index (χ0) is 13.0. The lowest BCUT2D eigenvalue weighted by atomic mass is 10.1. The van der Waals surface area contributed by atoms with Gasteiger partial charge in [-0.15, -0.1) is 0 Å². The summed E-state index contributed by atoms with van der Waals surface area (Å²) < 4.78 is 31.2. The lowest BCUT2D eigenvalue weighted by molar-refractivity contribution is -0.140. The molecule has 1 N–H and O–H groups in total. The van der Waals surface area contributed by atoms with Crippen LogP contribution in [0.1, 0.15) is 18.9 Å². The van der Waals surface area contributed by atoms with Crippen molar-refractivity contribution in [3.63, 3.8) is 0 Å². The Morgan fingerprint density at radius 1 is 1.41 bits per heavy atom. The average Bonchev–Trinajstić information content (AvgIpc) is 2.25. The second-order valence-electron chi connectivity index (χ2n) is 3.91. The van der Waals surface area contributed by atoms with E-state index in [9.17, 15) is 13.6 Å². The van der Waals surface area contributed by atoms with E-state index in [1.54, 1.807) is 6.92 Å². The highest BCUT2D eigenvalue weighted by molar-refractivity contribution is 5.70. The zero-order valence-electron chi connectivity index (χ0n) is 10.0. The molecule has 0 spiro atoms. The number of carbonyl (C=O) groups excluding carboxylic acids is 1. The van der Waals surface area contributed by atoms with Gasteiger partial charge >= 0.3 is 5.97 Å². The van der Waals surface area contributed by atoms with Crippen molar-refractivity contribution in [1.82, 2.24) is 0 Å². The maximum atomic E-state index is 13.5. The molecule has 94 valence electrons. The number of aryl methyl sites for hydroxylation is 1. The lowest BCUT2D eigenvalue weighted by Gasteiger charge is -2.15. The quantitative estimate of drug-likeness (QED) is 0.826. The Bertz CT molecular complexity index is 421. The fourth-order valence-electron chi connectivity index (χ4n) is 1.41. The molecule has 0 saturated carbocycles. The van der Waals surface area contributed by atoms with Crippen LogP contribution in [0.3, 0.4) is 0 Å². The number of esters is 1. The number of ether oxygens (including phenoxy) is 1. The smallest absolute Gasteiger partial charge is 0.307 e. The minimum atomic E-state index is -0.541.